The molecule has 6 rings (SSSR count). The highest BCUT2D eigenvalue weighted by atomic mass is 16.5. The van der Waals surface area contributed by atoms with Crippen LogP contribution in [0.15, 0.2) is 52.9 Å². The van der Waals surface area contributed by atoms with Gasteiger partial charge in [-0.1, -0.05) is 42.5 Å². The maximum Gasteiger partial charge on any atom is 0.328 e. The number of nitrogens with zero attached hydrogens (tertiary/aromatic N) is 4. The van der Waals surface area contributed by atoms with Crippen LogP contribution >= 0.6 is 0 Å². The number of allylic oxidation sites excluding steroid dienone is 2. The lowest BCUT2D eigenvalue weighted by Gasteiger charge is -2.21. The Hall–Kier alpha value is -3.43. The van der Waals surface area contributed by atoms with E-state index in [1.165, 1.54) is 37.1 Å². The Balaban J connectivity index is 1.16. The Morgan fingerprint density at radius 3 is 2.66 bits per heavy atom. The lowest BCUT2D eigenvalue weighted by atomic mass is 9.89. The normalized spacial score (nSPS) is 20.7. The number of ether oxygens (including phenoxy) is 2. The second-order valence-corrected chi connectivity index (χ2v) is 10.7. The molecule has 9 nitrogen and oxygen atoms in total. The highest BCUT2D eigenvalue weighted by Crippen LogP contribution is 2.29. The van der Waals surface area contributed by atoms with Crippen LogP contribution in [0, 0.1) is 5.92 Å². The first-order valence-electron chi connectivity index (χ1n) is 13.8. The van der Waals surface area contributed by atoms with Gasteiger partial charge in [0.1, 0.15) is 5.52 Å². The number of imidazole rings is 1. The molecule has 0 bridgehead atoms. The van der Waals surface area contributed by atoms with Gasteiger partial charge in [-0.25, -0.2) is 4.79 Å². The van der Waals surface area contributed by atoms with Gasteiger partial charge >= 0.3 is 11.7 Å². The van der Waals surface area contributed by atoms with E-state index in [9.17, 15) is 4.79 Å². The van der Waals surface area contributed by atoms with Crippen LogP contribution in [0.25, 0.3) is 11.2 Å². The third-order valence-electron chi connectivity index (χ3n) is 7.91. The van der Waals surface area contributed by atoms with Gasteiger partial charge in [0.05, 0.1) is 13.2 Å². The predicted molar refractivity (Wildman–Crippen MR) is 147 cm³/mol. The fraction of sp³-hybridized carbons (Fsp3) is 0.483. The number of nitrogen functional groups attached to an aromatic ring is 1. The van der Waals surface area contributed by atoms with Gasteiger partial charge in [0.25, 0.3) is 0 Å². The van der Waals surface area contributed by atoms with E-state index in [1.807, 2.05) is 0 Å². The maximum atomic E-state index is 12.8. The number of hydrogen-bond donors (Lipinski definition) is 2. The summed E-state index contributed by atoms with van der Waals surface area (Å²) in [6, 6.07) is 8.75. The zero-order chi connectivity index (χ0) is 25.9. The topological polar surface area (TPSA) is 111 Å². The largest absolute Gasteiger partial charge is 0.463 e. The number of aromatic nitrogens is 4. The number of nitrogens with one attached hydrogen (secondary N) is 1. The number of hydrogen-bond acceptors (Lipinski definition) is 7. The van der Waals surface area contributed by atoms with Crippen LogP contribution in [0.5, 0.6) is 6.01 Å². The van der Waals surface area contributed by atoms with Gasteiger partial charge in [0, 0.05) is 25.7 Å². The molecule has 4 heterocycles. The summed E-state index contributed by atoms with van der Waals surface area (Å²) in [4.78, 5) is 27.0. The molecule has 2 aromatic heterocycles. The van der Waals surface area contributed by atoms with Crippen molar-refractivity contribution in [3.05, 3.63) is 69.7 Å². The Bertz CT molecular complexity index is 1380. The van der Waals surface area contributed by atoms with E-state index in [1.54, 1.807) is 4.57 Å². The zero-order valence-corrected chi connectivity index (χ0v) is 21.8. The molecule has 1 aliphatic carbocycles. The number of rotatable bonds is 8. The van der Waals surface area contributed by atoms with Crippen LogP contribution in [0.2, 0.25) is 0 Å². The van der Waals surface area contributed by atoms with Crippen molar-refractivity contribution < 1.29 is 9.47 Å². The third-order valence-corrected chi connectivity index (χ3v) is 7.91. The average molecular weight is 517 g/mol. The summed E-state index contributed by atoms with van der Waals surface area (Å²) in [5.74, 6) is 0.998. The lowest BCUT2D eigenvalue weighted by Crippen LogP contribution is -2.22. The molecule has 3 N–H and O–H groups in total. The molecule has 3 aliphatic rings. The molecule has 9 heteroatoms. The lowest BCUT2D eigenvalue weighted by molar-refractivity contribution is 0.0483. The van der Waals surface area contributed by atoms with Gasteiger partial charge in [-0.3, -0.25) is 9.47 Å². The molecule has 2 fully saturated rings. The molecule has 2 saturated heterocycles. The number of fused-ring (bicyclic) bond motifs is 1. The standard InChI is InChI=1S/C29H36N6O3/c30-26-25-27(33-28(32-26)38-19-21-10-14-37-15-11-21)35(29(36)31-25)18-20-6-8-23(9-7-20)24-5-3-4-22(16-24)17-34-12-1-2-13-34/h3-4,6-9,16,21,24H,1-2,5,10-15,17-19H2,(H,31,36)(H2,30,32,33). The third kappa shape index (κ3) is 5.54. The quantitative estimate of drug-likeness (QED) is 0.470. The molecule has 0 amide bonds. The Labute approximate surface area is 222 Å². The first kappa shape index (κ1) is 24.9. The minimum atomic E-state index is -0.265. The number of aromatic amines is 1. The Kier molecular flexibility index (Phi) is 7.29. The predicted octanol–water partition coefficient (Wildman–Crippen LogP) is 3.62. The van der Waals surface area contributed by atoms with Crippen molar-refractivity contribution in [2.75, 3.05) is 45.2 Å². The van der Waals surface area contributed by atoms with Crippen molar-refractivity contribution in [2.45, 2.75) is 44.6 Å². The van der Waals surface area contributed by atoms with Crippen LogP contribution in [0.4, 0.5) is 5.82 Å². The number of nitrogens with two attached hydrogens (primary N) is 1. The minimum Gasteiger partial charge on any atom is -0.463 e. The SMILES string of the molecule is Nc1nc(OCC2CCOCC2)nc2c1[nH]c(=O)n2Cc1ccc(C2C=C(CN3CCCC3)C=CC2)cc1. The van der Waals surface area contributed by atoms with Crippen molar-refractivity contribution in [1.82, 2.24) is 24.4 Å². The van der Waals surface area contributed by atoms with Gasteiger partial charge in [-0.2, -0.15) is 9.97 Å². The summed E-state index contributed by atoms with van der Waals surface area (Å²) in [5.41, 5.74) is 10.5. The number of benzene rings is 1. The monoisotopic (exact) mass is 516 g/mol. The summed E-state index contributed by atoms with van der Waals surface area (Å²) in [7, 11) is 0. The van der Waals surface area contributed by atoms with Crippen LogP contribution in [-0.2, 0) is 11.3 Å². The number of anilines is 1. The van der Waals surface area contributed by atoms with Crippen molar-refractivity contribution in [3.63, 3.8) is 0 Å². The van der Waals surface area contributed by atoms with Gasteiger partial charge in [-0.15, -0.1) is 0 Å². The van der Waals surface area contributed by atoms with E-state index < -0.39 is 0 Å². The molecule has 1 unspecified atom stereocenters. The Morgan fingerprint density at radius 1 is 1.08 bits per heavy atom. The first-order valence-corrected chi connectivity index (χ1v) is 13.8. The van der Waals surface area contributed by atoms with Crippen LogP contribution in [0.3, 0.4) is 0 Å². The second kappa shape index (κ2) is 11.1. The van der Waals surface area contributed by atoms with Crippen molar-refractivity contribution in [1.29, 1.82) is 0 Å². The van der Waals surface area contributed by atoms with E-state index >= 15 is 0 Å². The van der Waals surface area contributed by atoms with Crippen LogP contribution < -0.4 is 16.2 Å². The van der Waals surface area contributed by atoms with Gasteiger partial charge in [0.15, 0.2) is 11.5 Å². The van der Waals surface area contributed by atoms with Crippen LogP contribution in [-0.4, -0.2) is 63.9 Å². The van der Waals surface area contributed by atoms with E-state index in [-0.39, 0.29) is 17.5 Å². The van der Waals surface area contributed by atoms with Crippen molar-refractivity contribution in [2.24, 2.45) is 5.92 Å². The van der Waals surface area contributed by atoms with E-state index in [4.69, 9.17) is 15.2 Å². The summed E-state index contributed by atoms with van der Waals surface area (Å²) < 4.78 is 12.9. The molecule has 2 aliphatic heterocycles. The summed E-state index contributed by atoms with van der Waals surface area (Å²) in [6.45, 7) is 5.85. The van der Waals surface area contributed by atoms with Gasteiger partial charge in [0.2, 0.25) is 0 Å². The fourth-order valence-corrected chi connectivity index (χ4v) is 5.69. The number of H-pyrrole nitrogens is 1. The zero-order valence-electron chi connectivity index (χ0n) is 21.8. The molecule has 3 aromatic rings. The number of likely N-dealkylation sites (tertiary alicyclic amines) is 1. The molecular weight excluding hydrogens is 480 g/mol. The van der Waals surface area contributed by atoms with E-state index in [0.717, 1.165) is 44.6 Å². The summed E-state index contributed by atoms with van der Waals surface area (Å²) in [6.07, 6.45) is 12.5. The smallest absolute Gasteiger partial charge is 0.328 e. The molecule has 1 atom stereocenters. The Morgan fingerprint density at radius 2 is 1.87 bits per heavy atom. The highest BCUT2D eigenvalue weighted by molar-refractivity contribution is 5.81. The van der Waals surface area contributed by atoms with Crippen LogP contribution in [0.1, 0.15) is 49.1 Å². The second-order valence-electron chi connectivity index (χ2n) is 10.7. The summed E-state index contributed by atoms with van der Waals surface area (Å²) >= 11 is 0. The molecule has 0 saturated carbocycles. The molecule has 38 heavy (non-hydrogen) atoms. The molecule has 0 radical (unpaired) electrons. The minimum absolute atomic E-state index is 0.200. The van der Waals surface area contributed by atoms with Crippen molar-refractivity contribution in [3.8, 4) is 6.01 Å². The van der Waals surface area contributed by atoms with Gasteiger partial charge < -0.3 is 20.2 Å². The molecule has 1 aromatic carbocycles. The first-order chi connectivity index (χ1) is 18.6. The van der Waals surface area contributed by atoms with E-state index in [2.05, 4.69) is 62.3 Å². The van der Waals surface area contributed by atoms with Gasteiger partial charge in [-0.05, 0) is 67.8 Å². The maximum absolute atomic E-state index is 12.8. The van der Waals surface area contributed by atoms with E-state index in [0.29, 0.717) is 36.2 Å². The van der Waals surface area contributed by atoms with Crippen molar-refractivity contribution >= 4 is 17.0 Å². The average Bonchev–Trinajstić information content (AvgIpc) is 3.57. The molecular formula is C29H36N6O3. The fourth-order valence-electron chi connectivity index (χ4n) is 5.69. The molecule has 0 spiro atoms. The molecule has 200 valence electrons. The summed E-state index contributed by atoms with van der Waals surface area (Å²) in [5, 5.41) is 0. The highest BCUT2D eigenvalue weighted by Gasteiger charge is 2.19.